The van der Waals surface area contributed by atoms with E-state index in [1.54, 1.807) is 42.5 Å². The summed E-state index contributed by atoms with van der Waals surface area (Å²) in [4.78, 5) is 15.4. The fourth-order valence-electron chi connectivity index (χ4n) is 1.20. The van der Waals surface area contributed by atoms with E-state index in [9.17, 15) is 4.79 Å². The lowest BCUT2D eigenvalue weighted by Crippen LogP contribution is -2.17. The van der Waals surface area contributed by atoms with Crippen LogP contribution in [-0.4, -0.2) is 11.1 Å². The Hall–Kier alpha value is -2.07. The molecule has 1 aromatic heterocycles. The van der Waals surface area contributed by atoms with Crippen molar-refractivity contribution in [1.29, 1.82) is 0 Å². The van der Waals surface area contributed by atoms with Gasteiger partial charge in [-0.25, -0.2) is 9.78 Å². The Morgan fingerprint density at radius 1 is 1.12 bits per heavy atom. The number of rotatable bonds is 2. The van der Waals surface area contributed by atoms with Gasteiger partial charge in [0.2, 0.25) is 0 Å². The highest BCUT2D eigenvalue weighted by molar-refractivity contribution is 6.29. The largest absolute Gasteiger partial charge is 0.418 e. The average molecular weight is 249 g/mol. The first-order valence-corrected chi connectivity index (χ1v) is 5.28. The minimum Gasteiger partial charge on any atom is -0.410 e. The minimum absolute atomic E-state index is 0.308. The average Bonchev–Trinajstić information content (AvgIpc) is 2.30. The lowest BCUT2D eigenvalue weighted by atomic mass is 10.3. The van der Waals surface area contributed by atoms with Crippen molar-refractivity contribution in [3.8, 4) is 5.75 Å². The molecule has 86 valence electrons. The number of halogens is 1. The smallest absolute Gasteiger partial charge is 0.410 e. The molecule has 0 atom stereocenters. The van der Waals surface area contributed by atoms with Gasteiger partial charge >= 0.3 is 6.09 Å². The standard InChI is InChI=1S/C12H9ClN2O2/c13-10-7-4-8-11(14-10)15-12(16)17-9-5-2-1-3-6-9/h1-8H,(H,14,15,16). The van der Waals surface area contributed by atoms with Crippen molar-refractivity contribution >= 4 is 23.5 Å². The van der Waals surface area contributed by atoms with E-state index in [0.717, 1.165) is 0 Å². The fourth-order valence-corrected chi connectivity index (χ4v) is 1.37. The Balaban J connectivity index is 1.98. The van der Waals surface area contributed by atoms with Crippen molar-refractivity contribution in [3.63, 3.8) is 0 Å². The number of benzene rings is 1. The fraction of sp³-hybridized carbons (Fsp3) is 0. The van der Waals surface area contributed by atoms with Crippen LogP contribution in [0.5, 0.6) is 5.75 Å². The van der Waals surface area contributed by atoms with Gasteiger partial charge in [0.15, 0.2) is 0 Å². The lowest BCUT2D eigenvalue weighted by molar-refractivity contribution is 0.215. The Morgan fingerprint density at radius 3 is 2.59 bits per heavy atom. The van der Waals surface area contributed by atoms with E-state index in [1.165, 1.54) is 0 Å². The molecule has 1 amide bonds. The molecule has 0 saturated carbocycles. The zero-order valence-corrected chi connectivity index (χ0v) is 9.52. The first-order valence-electron chi connectivity index (χ1n) is 4.90. The Morgan fingerprint density at radius 2 is 1.88 bits per heavy atom. The SMILES string of the molecule is O=C(Nc1cccc(Cl)n1)Oc1ccccc1. The van der Waals surface area contributed by atoms with Crippen molar-refractivity contribution in [3.05, 3.63) is 53.7 Å². The van der Waals surface area contributed by atoms with E-state index >= 15 is 0 Å². The molecule has 2 rings (SSSR count). The topological polar surface area (TPSA) is 51.2 Å². The first kappa shape index (κ1) is 11.4. The zero-order valence-electron chi connectivity index (χ0n) is 8.76. The van der Waals surface area contributed by atoms with Gasteiger partial charge in [-0.3, -0.25) is 5.32 Å². The molecule has 0 fully saturated rings. The predicted octanol–water partition coefficient (Wildman–Crippen LogP) is 3.35. The van der Waals surface area contributed by atoms with Crippen LogP contribution < -0.4 is 10.1 Å². The van der Waals surface area contributed by atoms with E-state index in [-0.39, 0.29) is 0 Å². The molecular formula is C12H9ClN2O2. The van der Waals surface area contributed by atoms with Crippen molar-refractivity contribution < 1.29 is 9.53 Å². The second kappa shape index (κ2) is 5.32. The Labute approximate surface area is 103 Å². The maximum atomic E-state index is 11.5. The number of carbonyl (C=O) groups excluding carboxylic acids is 1. The number of aromatic nitrogens is 1. The number of pyridine rings is 1. The summed E-state index contributed by atoms with van der Waals surface area (Å²) >= 11 is 5.69. The molecule has 0 radical (unpaired) electrons. The van der Waals surface area contributed by atoms with E-state index in [0.29, 0.717) is 16.7 Å². The van der Waals surface area contributed by atoms with Gasteiger partial charge < -0.3 is 4.74 Å². The molecule has 5 heteroatoms. The molecule has 1 aromatic carbocycles. The normalized spacial score (nSPS) is 9.71. The number of hydrogen-bond acceptors (Lipinski definition) is 3. The zero-order chi connectivity index (χ0) is 12.1. The van der Waals surface area contributed by atoms with Crippen LogP contribution in [0.3, 0.4) is 0 Å². The second-order valence-corrected chi connectivity index (χ2v) is 3.56. The molecule has 1 heterocycles. The van der Waals surface area contributed by atoms with Gasteiger partial charge in [0.25, 0.3) is 0 Å². The molecule has 0 saturated heterocycles. The summed E-state index contributed by atoms with van der Waals surface area (Å²) in [5.41, 5.74) is 0. The van der Waals surface area contributed by atoms with Crippen LogP contribution in [0, 0.1) is 0 Å². The highest BCUT2D eigenvalue weighted by Gasteiger charge is 2.05. The summed E-state index contributed by atoms with van der Waals surface area (Å²) in [5, 5.41) is 2.78. The number of hydrogen-bond donors (Lipinski definition) is 1. The third kappa shape index (κ3) is 3.46. The number of carbonyl (C=O) groups is 1. The maximum Gasteiger partial charge on any atom is 0.418 e. The summed E-state index contributed by atoms with van der Waals surface area (Å²) in [7, 11) is 0. The summed E-state index contributed by atoms with van der Waals surface area (Å²) in [6, 6.07) is 13.7. The van der Waals surface area contributed by atoms with E-state index in [2.05, 4.69) is 10.3 Å². The molecule has 0 aliphatic heterocycles. The molecule has 0 unspecified atom stereocenters. The molecule has 0 aliphatic rings. The van der Waals surface area contributed by atoms with Crippen molar-refractivity contribution in [1.82, 2.24) is 4.98 Å². The van der Waals surface area contributed by atoms with Crippen molar-refractivity contribution in [2.75, 3.05) is 5.32 Å². The van der Waals surface area contributed by atoms with Gasteiger partial charge in [-0.05, 0) is 24.3 Å². The molecule has 0 aliphatic carbocycles. The van der Waals surface area contributed by atoms with Gasteiger partial charge in [-0.2, -0.15) is 0 Å². The quantitative estimate of drug-likeness (QED) is 0.830. The van der Waals surface area contributed by atoms with Crippen LogP contribution in [0.1, 0.15) is 0 Å². The number of amides is 1. The molecule has 17 heavy (non-hydrogen) atoms. The summed E-state index contributed by atoms with van der Waals surface area (Å²) in [5.74, 6) is 0.811. The van der Waals surface area contributed by atoms with Gasteiger partial charge in [0.05, 0.1) is 0 Å². The molecular weight excluding hydrogens is 240 g/mol. The number of ether oxygens (including phenoxy) is 1. The van der Waals surface area contributed by atoms with E-state index in [4.69, 9.17) is 16.3 Å². The third-order valence-electron chi connectivity index (χ3n) is 1.90. The summed E-state index contributed by atoms with van der Waals surface area (Å²) in [6.07, 6.45) is -0.606. The molecule has 0 bridgehead atoms. The molecule has 1 N–H and O–H groups in total. The van der Waals surface area contributed by atoms with Crippen LogP contribution in [0.2, 0.25) is 5.15 Å². The molecule has 2 aromatic rings. The van der Waals surface area contributed by atoms with Crippen LogP contribution in [0.4, 0.5) is 10.6 Å². The van der Waals surface area contributed by atoms with Crippen LogP contribution >= 0.6 is 11.6 Å². The molecule has 4 nitrogen and oxygen atoms in total. The third-order valence-corrected chi connectivity index (χ3v) is 2.11. The van der Waals surface area contributed by atoms with E-state index < -0.39 is 6.09 Å². The van der Waals surface area contributed by atoms with E-state index in [1.807, 2.05) is 6.07 Å². The Bertz CT molecular complexity index is 517. The van der Waals surface area contributed by atoms with Gasteiger partial charge in [0, 0.05) is 0 Å². The van der Waals surface area contributed by atoms with Crippen LogP contribution in [-0.2, 0) is 0 Å². The Kier molecular flexibility index (Phi) is 3.57. The lowest BCUT2D eigenvalue weighted by Gasteiger charge is -2.05. The number of para-hydroxylation sites is 1. The van der Waals surface area contributed by atoms with Gasteiger partial charge in [-0.15, -0.1) is 0 Å². The van der Waals surface area contributed by atoms with Crippen LogP contribution in [0.15, 0.2) is 48.5 Å². The number of anilines is 1. The highest BCUT2D eigenvalue weighted by Crippen LogP contribution is 2.12. The maximum absolute atomic E-state index is 11.5. The number of nitrogens with one attached hydrogen (secondary N) is 1. The van der Waals surface area contributed by atoms with Crippen molar-refractivity contribution in [2.24, 2.45) is 0 Å². The van der Waals surface area contributed by atoms with Crippen LogP contribution in [0.25, 0.3) is 0 Å². The molecule has 0 spiro atoms. The van der Waals surface area contributed by atoms with Gasteiger partial charge in [-0.1, -0.05) is 35.9 Å². The monoisotopic (exact) mass is 248 g/mol. The van der Waals surface area contributed by atoms with Gasteiger partial charge in [0.1, 0.15) is 16.7 Å². The first-order chi connectivity index (χ1) is 8.24. The van der Waals surface area contributed by atoms with Crippen molar-refractivity contribution in [2.45, 2.75) is 0 Å². The number of nitrogens with zero attached hydrogens (tertiary/aromatic N) is 1. The minimum atomic E-state index is -0.606. The summed E-state index contributed by atoms with van der Waals surface area (Å²) in [6.45, 7) is 0. The summed E-state index contributed by atoms with van der Waals surface area (Å²) < 4.78 is 5.03. The second-order valence-electron chi connectivity index (χ2n) is 3.17. The predicted molar refractivity (Wildman–Crippen MR) is 65.3 cm³/mol. The highest BCUT2D eigenvalue weighted by atomic mass is 35.5.